The van der Waals surface area contributed by atoms with Crippen LogP contribution in [0.3, 0.4) is 0 Å². The van der Waals surface area contributed by atoms with E-state index in [0.29, 0.717) is 0 Å². The van der Waals surface area contributed by atoms with Crippen LogP contribution in [0.4, 0.5) is 5.69 Å². The van der Waals surface area contributed by atoms with Crippen LogP contribution >= 0.6 is 27.5 Å². The maximum Gasteiger partial charge on any atom is 0.0921 e. The molecule has 120 valence electrons. The zero-order valence-corrected chi connectivity index (χ0v) is 15.2. The molecule has 24 heavy (non-hydrogen) atoms. The lowest BCUT2D eigenvalue weighted by atomic mass is 9.99. The molecule has 0 aromatic heterocycles. The molecule has 0 amide bonds. The van der Waals surface area contributed by atoms with Crippen molar-refractivity contribution in [2.24, 2.45) is 0 Å². The first-order valence-corrected chi connectivity index (χ1v) is 9.29. The minimum Gasteiger partial charge on any atom is -0.269 e. The molecule has 3 aromatic rings. The first-order valence-electron chi connectivity index (χ1n) is 8.12. The van der Waals surface area contributed by atoms with Gasteiger partial charge < -0.3 is 0 Å². The lowest BCUT2D eigenvalue weighted by Crippen LogP contribution is -2.27. The predicted octanol–water partition coefficient (Wildman–Crippen LogP) is 6.06. The highest BCUT2D eigenvalue weighted by Crippen LogP contribution is 2.49. The Morgan fingerprint density at radius 3 is 2.58 bits per heavy atom. The van der Waals surface area contributed by atoms with E-state index in [1.54, 1.807) is 0 Å². The molecule has 1 saturated heterocycles. The van der Waals surface area contributed by atoms with E-state index in [1.807, 2.05) is 12.1 Å². The lowest BCUT2D eigenvalue weighted by molar-refractivity contribution is 0.0741. The first-order chi connectivity index (χ1) is 11.7. The average molecular weight is 401 g/mol. The summed E-state index contributed by atoms with van der Waals surface area (Å²) in [4.78, 5) is 6.25. The van der Waals surface area contributed by atoms with Crippen LogP contribution in [0.1, 0.15) is 23.6 Å². The van der Waals surface area contributed by atoms with Gasteiger partial charge >= 0.3 is 0 Å². The topological polar surface area (TPSA) is 12.5 Å². The van der Waals surface area contributed by atoms with Gasteiger partial charge in [-0.05, 0) is 34.7 Å². The standard InChI is InChI=1S/C20H15BrClNO/c21-18-10-13-9-15-11-19(12-5-7-14(22)8-6-12)23(24-15)20(13)17-4-2-1-3-16(17)18/h1-8,10,15,19H,9,11H2/t15-,19-/m0/s1. The van der Waals surface area contributed by atoms with E-state index in [2.05, 4.69) is 63.5 Å². The van der Waals surface area contributed by atoms with Crippen LogP contribution in [0.2, 0.25) is 5.02 Å². The number of fused-ring (bicyclic) bond motifs is 6. The molecule has 0 spiro atoms. The minimum atomic E-state index is 0.234. The number of halogens is 2. The summed E-state index contributed by atoms with van der Waals surface area (Å²) in [5.41, 5.74) is 3.82. The second-order valence-electron chi connectivity index (χ2n) is 6.47. The van der Waals surface area contributed by atoms with Crippen molar-refractivity contribution in [2.45, 2.75) is 25.0 Å². The van der Waals surface area contributed by atoms with Crippen molar-refractivity contribution in [2.75, 3.05) is 5.06 Å². The maximum atomic E-state index is 6.25. The van der Waals surface area contributed by atoms with Crippen molar-refractivity contribution >= 4 is 44.0 Å². The molecule has 3 aromatic carbocycles. The summed E-state index contributed by atoms with van der Waals surface area (Å²) in [5, 5.41) is 5.35. The summed E-state index contributed by atoms with van der Waals surface area (Å²) in [6, 6.07) is 19.1. The third kappa shape index (κ3) is 2.19. The van der Waals surface area contributed by atoms with E-state index >= 15 is 0 Å². The highest BCUT2D eigenvalue weighted by atomic mass is 79.9. The zero-order chi connectivity index (χ0) is 16.3. The molecule has 2 bridgehead atoms. The second-order valence-corrected chi connectivity index (χ2v) is 7.76. The smallest absolute Gasteiger partial charge is 0.0921 e. The fourth-order valence-electron chi connectivity index (χ4n) is 3.94. The Morgan fingerprint density at radius 1 is 1.04 bits per heavy atom. The highest BCUT2D eigenvalue weighted by Gasteiger charge is 2.41. The van der Waals surface area contributed by atoms with Crippen LogP contribution in [0.5, 0.6) is 0 Å². The van der Waals surface area contributed by atoms with Crippen LogP contribution < -0.4 is 5.06 Å². The van der Waals surface area contributed by atoms with E-state index in [0.717, 1.165) is 22.3 Å². The monoisotopic (exact) mass is 399 g/mol. The van der Waals surface area contributed by atoms with Gasteiger partial charge in [0.25, 0.3) is 0 Å². The number of benzene rings is 3. The summed E-state index contributed by atoms with van der Waals surface area (Å²) in [7, 11) is 0. The molecule has 2 aliphatic rings. The van der Waals surface area contributed by atoms with E-state index in [9.17, 15) is 0 Å². The van der Waals surface area contributed by atoms with Crippen molar-refractivity contribution in [3.05, 3.63) is 75.2 Å². The summed E-state index contributed by atoms with van der Waals surface area (Å²) < 4.78 is 1.15. The molecule has 0 N–H and O–H groups in total. The van der Waals surface area contributed by atoms with Crippen molar-refractivity contribution in [1.29, 1.82) is 0 Å². The predicted molar refractivity (Wildman–Crippen MR) is 102 cm³/mol. The van der Waals surface area contributed by atoms with Crippen molar-refractivity contribution in [3.8, 4) is 0 Å². The number of hydroxylamine groups is 1. The van der Waals surface area contributed by atoms with Gasteiger partial charge in [0.05, 0.1) is 17.8 Å². The number of rotatable bonds is 1. The Morgan fingerprint density at radius 2 is 1.79 bits per heavy atom. The van der Waals surface area contributed by atoms with Gasteiger partial charge in [-0.2, -0.15) is 0 Å². The molecule has 0 radical (unpaired) electrons. The normalized spacial score (nSPS) is 22.0. The van der Waals surface area contributed by atoms with Gasteiger partial charge in [0.2, 0.25) is 0 Å². The number of hydrogen-bond acceptors (Lipinski definition) is 2. The molecule has 1 fully saturated rings. The van der Waals surface area contributed by atoms with Gasteiger partial charge in [-0.1, -0.05) is 63.9 Å². The van der Waals surface area contributed by atoms with Crippen LogP contribution in [0, 0.1) is 0 Å². The highest BCUT2D eigenvalue weighted by molar-refractivity contribution is 9.10. The molecule has 2 atom stereocenters. The van der Waals surface area contributed by atoms with E-state index in [1.165, 1.54) is 27.6 Å². The Kier molecular flexibility index (Phi) is 3.37. The van der Waals surface area contributed by atoms with Crippen molar-refractivity contribution in [3.63, 3.8) is 0 Å². The number of nitrogens with zero attached hydrogens (tertiary/aromatic N) is 1. The third-order valence-corrected chi connectivity index (χ3v) is 5.91. The largest absolute Gasteiger partial charge is 0.269 e. The molecule has 0 saturated carbocycles. The van der Waals surface area contributed by atoms with Crippen molar-refractivity contribution < 1.29 is 4.84 Å². The molecule has 2 aliphatic heterocycles. The van der Waals surface area contributed by atoms with E-state index < -0.39 is 0 Å². The quantitative estimate of drug-likeness (QED) is 0.492. The van der Waals surface area contributed by atoms with Gasteiger partial charge in [-0.25, -0.2) is 5.06 Å². The number of anilines is 1. The molecule has 0 unspecified atom stereocenters. The molecule has 4 heteroatoms. The first kappa shape index (κ1) is 14.8. The van der Waals surface area contributed by atoms with Crippen LogP contribution in [0.25, 0.3) is 10.8 Å². The molecule has 0 aliphatic carbocycles. The Bertz CT molecular complexity index is 940. The lowest BCUT2D eigenvalue weighted by Gasteiger charge is -2.31. The molecular weight excluding hydrogens is 386 g/mol. The number of hydrogen-bond donors (Lipinski definition) is 0. The van der Waals surface area contributed by atoms with Crippen LogP contribution in [-0.2, 0) is 11.3 Å². The summed E-state index contributed by atoms with van der Waals surface area (Å²) in [6.07, 6.45) is 2.20. The maximum absolute atomic E-state index is 6.25. The molecule has 2 heterocycles. The zero-order valence-electron chi connectivity index (χ0n) is 12.9. The van der Waals surface area contributed by atoms with Gasteiger partial charge in [-0.15, -0.1) is 0 Å². The second kappa shape index (κ2) is 5.48. The van der Waals surface area contributed by atoms with E-state index in [4.69, 9.17) is 16.4 Å². The van der Waals surface area contributed by atoms with Gasteiger partial charge in [0.1, 0.15) is 0 Å². The minimum absolute atomic E-state index is 0.234. The van der Waals surface area contributed by atoms with Crippen LogP contribution in [0.15, 0.2) is 59.1 Å². The summed E-state index contributed by atoms with van der Waals surface area (Å²) >= 11 is 9.79. The fourth-order valence-corrected chi connectivity index (χ4v) is 4.69. The van der Waals surface area contributed by atoms with Gasteiger partial charge in [0.15, 0.2) is 0 Å². The Balaban J connectivity index is 1.70. The third-order valence-electron chi connectivity index (χ3n) is 5.00. The van der Waals surface area contributed by atoms with E-state index in [-0.39, 0.29) is 12.1 Å². The van der Waals surface area contributed by atoms with Crippen LogP contribution in [-0.4, -0.2) is 6.10 Å². The van der Waals surface area contributed by atoms with Gasteiger partial charge in [-0.3, -0.25) is 4.84 Å². The summed E-state index contributed by atoms with van der Waals surface area (Å²) in [6.45, 7) is 0. The molecule has 2 nitrogen and oxygen atoms in total. The Hall–Kier alpha value is -1.55. The van der Waals surface area contributed by atoms with Gasteiger partial charge in [0, 0.05) is 27.7 Å². The van der Waals surface area contributed by atoms with Crippen molar-refractivity contribution in [1.82, 2.24) is 0 Å². The molecule has 5 rings (SSSR count). The molecular formula is C20H15BrClNO. The average Bonchev–Trinajstić information content (AvgIpc) is 2.93. The SMILES string of the molecule is Clc1ccc([C@@H]2C[C@@H]3Cc4cc(Br)c5ccccc5c4N2O3)cc1. The summed E-state index contributed by atoms with van der Waals surface area (Å²) in [5.74, 6) is 0. The fraction of sp³-hybridized carbons (Fsp3) is 0.200. The Labute approximate surface area is 154 Å².